The van der Waals surface area contributed by atoms with Crippen LogP contribution in [-0.4, -0.2) is 33.9 Å². The van der Waals surface area contributed by atoms with Crippen molar-refractivity contribution in [2.75, 3.05) is 6.61 Å². The molecule has 2 rings (SSSR count). The Morgan fingerprint density at radius 2 is 1.76 bits per heavy atom. The van der Waals surface area contributed by atoms with E-state index >= 15 is 0 Å². The summed E-state index contributed by atoms with van der Waals surface area (Å²) in [4.78, 5) is 6.20. The quantitative estimate of drug-likeness (QED) is 0.308. The fraction of sp³-hybridized carbons (Fsp3) is 0.619. The zero-order valence-electron chi connectivity index (χ0n) is 18.7. The first-order valence-electron chi connectivity index (χ1n) is 10.00. The average molecular weight is 552 g/mol. The van der Waals surface area contributed by atoms with Crippen molar-refractivity contribution in [1.82, 2.24) is 4.47 Å². The third-order valence-corrected chi connectivity index (χ3v) is 13.1. The minimum atomic E-state index is -3.79. The van der Waals surface area contributed by atoms with Gasteiger partial charge in [0.25, 0.3) is 10.0 Å². The van der Waals surface area contributed by atoms with E-state index in [9.17, 15) is 8.42 Å². The monoisotopic (exact) mass is 551 g/mol. The van der Waals surface area contributed by atoms with E-state index in [0.29, 0.717) is 18.7 Å². The first-order valence-corrected chi connectivity index (χ1v) is 15.4. The van der Waals surface area contributed by atoms with Crippen molar-refractivity contribution < 1.29 is 17.7 Å². The standard InChI is InChI=1S/C21H34INO4SSi/c1-15(2)20-19(22)18(13-14-26-29(7,8)21(4,5)6)23(27-20)28(24,25)17-11-9-16(3)10-12-17/h9-12,15,20H,13-14H2,1-8H3. The Morgan fingerprint density at radius 3 is 2.24 bits per heavy atom. The molecule has 0 saturated heterocycles. The van der Waals surface area contributed by atoms with Crippen molar-refractivity contribution in [3.63, 3.8) is 0 Å². The number of hydroxylamine groups is 1. The molecular formula is C21H34INO4SSi. The summed E-state index contributed by atoms with van der Waals surface area (Å²) < 4.78 is 35.0. The van der Waals surface area contributed by atoms with Gasteiger partial charge in [-0.15, -0.1) is 4.47 Å². The first kappa shape index (κ1) is 24.8. The van der Waals surface area contributed by atoms with Gasteiger partial charge in [-0.3, -0.25) is 0 Å². The Hall–Kier alpha value is -0.423. The normalized spacial score (nSPS) is 18.8. The number of sulfonamides is 1. The molecular weight excluding hydrogens is 517 g/mol. The second-order valence-electron chi connectivity index (χ2n) is 9.47. The highest BCUT2D eigenvalue weighted by molar-refractivity contribution is 14.1. The molecule has 1 aliphatic rings. The summed E-state index contributed by atoms with van der Waals surface area (Å²) >= 11 is 2.23. The lowest BCUT2D eigenvalue weighted by Crippen LogP contribution is -2.41. The summed E-state index contributed by atoms with van der Waals surface area (Å²) in [6.07, 6.45) is 0.234. The molecule has 0 fully saturated rings. The van der Waals surface area contributed by atoms with E-state index in [1.807, 2.05) is 20.8 Å². The summed E-state index contributed by atoms with van der Waals surface area (Å²) in [7, 11) is -5.70. The predicted molar refractivity (Wildman–Crippen MR) is 129 cm³/mol. The number of hydrogen-bond acceptors (Lipinski definition) is 4. The first-order chi connectivity index (χ1) is 13.2. The summed E-state index contributed by atoms with van der Waals surface area (Å²) in [5.74, 6) is 0.163. The zero-order valence-corrected chi connectivity index (χ0v) is 22.7. The van der Waals surface area contributed by atoms with E-state index in [4.69, 9.17) is 9.26 Å². The zero-order chi connectivity index (χ0) is 22.2. The van der Waals surface area contributed by atoms with Gasteiger partial charge in [-0.25, -0.2) is 4.84 Å². The van der Waals surface area contributed by atoms with Crippen molar-refractivity contribution in [2.45, 2.75) is 77.1 Å². The van der Waals surface area contributed by atoms with Crippen molar-refractivity contribution in [3.05, 3.63) is 39.1 Å². The number of hydrogen-bond donors (Lipinski definition) is 0. The largest absolute Gasteiger partial charge is 0.416 e. The second-order valence-corrected chi connectivity index (χ2v) is 17.2. The molecule has 0 aromatic heterocycles. The fourth-order valence-corrected chi connectivity index (χ4v) is 6.60. The van der Waals surface area contributed by atoms with Gasteiger partial charge < -0.3 is 4.43 Å². The van der Waals surface area contributed by atoms with Gasteiger partial charge in [0, 0.05) is 16.6 Å². The molecule has 1 heterocycles. The Morgan fingerprint density at radius 1 is 1.21 bits per heavy atom. The van der Waals surface area contributed by atoms with Crippen LogP contribution in [0.3, 0.4) is 0 Å². The summed E-state index contributed by atoms with van der Waals surface area (Å²) in [5.41, 5.74) is 1.70. The molecule has 164 valence electrons. The number of halogens is 1. The number of benzene rings is 1. The highest BCUT2D eigenvalue weighted by Gasteiger charge is 2.41. The van der Waals surface area contributed by atoms with Crippen molar-refractivity contribution in [1.29, 1.82) is 0 Å². The summed E-state index contributed by atoms with van der Waals surface area (Å²) in [5, 5.41) is 0.106. The Kier molecular flexibility index (Phi) is 7.69. The van der Waals surface area contributed by atoms with Crippen LogP contribution in [0.15, 0.2) is 38.4 Å². The molecule has 1 unspecified atom stereocenters. The van der Waals surface area contributed by atoms with Crippen LogP contribution in [0.1, 0.15) is 46.6 Å². The maximum atomic E-state index is 13.3. The molecule has 1 aromatic rings. The molecule has 5 nitrogen and oxygen atoms in total. The van der Waals surface area contributed by atoms with Gasteiger partial charge in [-0.1, -0.05) is 52.3 Å². The Labute approximate surface area is 191 Å². The van der Waals surface area contributed by atoms with Gasteiger partial charge in [-0.2, -0.15) is 8.42 Å². The molecule has 1 aliphatic heterocycles. The van der Waals surface area contributed by atoms with Gasteiger partial charge in [0.1, 0.15) is 6.10 Å². The van der Waals surface area contributed by atoms with E-state index in [-0.39, 0.29) is 22.0 Å². The van der Waals surface area contributed by atoms with E-state index in [1.54, 1.807) is 24.3 Å². The molecule has 0 N–H and O–H groups in total. The molecule has 29 heavy (non-hydrogen) atoms. The van der Waals surface area contributed by atoms with Crippen LogP contribution < -0.4 is 0 Å². The smallest absolute Gasteiger partial charge is 0.286 e. The van der Waals surface area contributed by atoms with E-state index in [0.717, 1.165) is 13.6 Å². The topological polar surface area (TPSA) is 55.8 Å². The van der Waals surface area contributed by atoms with Gasteiger partial charge in [0.15, 0.2) is 8.32 Å². The van der Waals surface area contributed by atoms with E-state index < -0.39 is 18.3 Å². The Balaban J connectivity index is 2.31. The number of aryl methyl sites for hydroxylation is 1. The van der Waals surface area contributed by atoms with Crippen LogP contribution in [0.25, 0.3) is 0 Å². The van der Waals surface area contributed by atoms with Gasteiger partial charge in [0.2, 0.25) is 0 Å². The molecule has 0 bridgehead atoms. The van der Waals surface area contributed by atoms with Gasteiger partial charge >= 0.3 is 0 Å². The van der Waals surface area contributed by atoms with Crippen LogP contribution in [0.4, 0.5) is 0 Å². The average Bonchev–Trinajstić information content (AvgIpc) is 2.92. The number of rotatable bonds is 7. The minimum Gasteiger partial charge on any atom is -0.416 e. The lowest BCUT2D eigenvalue weighted by atomic mass is 10.1. The minimum absolute atomic E-state index is 0.106. The van der Waals surface area contributed by atoms with Crippen LogP contribution >= 0.6 is 22.6 Å². The highest BCUT2D eigenvalue weighted by Crippen LogP contribution is 2.41. The van der Waals surface area contributed by atoms with E-state index in [2.05, 4.69) is 56.5 Å². The second kappa shape index (κ2) is 8.98. The molecule has 8 heteroatoms. The lowest BCUT2D eigenvalue weighted by molar-refractivity contribution is -0.0858. The molecule has 1 atom stereocenters. The van der Waals surface area contributed by atoms with Crippen LogP contribution in [0, 0.1) is 12.8 Å². The maximum absolute atomic E-state index is 13.3. The molecule has 1 aromatic carbocycles. The van der Waals surface area contributed by atoms with Gasteiger partial charge in [0.05, 0.1) is 10.6 Å². The number of nitrogens with zero attached hydrogens (tertiary/aromatic N) is 1. The molecule has 0 saturated carbocycles. The summed E-state index contributed by atoms with van der Waals surface area (Å²) in [6.45, 7) is 17.5. The third kappa shape index (κ3) is 5.44. The highest BCUT2D eigenvalue weighted by atomic mass is 127. The SMILES string of the molecule is Cc1ccc(S(=O)(=O)N2OC(C(C)C)C(I)=C2CCO[Si](C)(C)C(C)(C)C)cc1. The Bertz CT molecular complexity index is 858. The molecule has 0 radical (unpaired) electrons. The summed E-state index contributed by atoms with van der Waals surface area (Å²) in [6, 6.07) is 6.87. The van der Waals surface area contributed by atoms with Crippen LogP contribution in [-0.2, 0) is 19.3 Å². The maximum Gasteiger partial charge on any atom is 0.286 e. The lowest BCUT2D eigenvalue weighted by Gasteiger charge is -2.36. The predicted octanol–water partition coefficient (Wildman–Crippen LogP) is 6.01. The molecule has 0 spiro atoms. The van der Waals surface area contributed by atoms with Crippen molar-refractivity contribution in [3.8, 4) is 0 Å². The van der Waals surface area contributed by atoms with Crippen molar-refractivity contribution in [2.24, 2.45) is 5.92 Å². The van der Waals surface area contributed by atoms with E-state index in [1.165, 1.54) is 0 Å². The molecule has 0 aliphatic carbocycles. The van der Waals surface area contributed by atoms with Crippen molar-refractivity contribution >= 4 is 40.9 Å². The van der Waals surface area contributed by atoms with Crippen LogP contribution in [0.5, 0.6) is 0 Å². The van der Waals surface area contributed by atoms with Gasteiger partial charge in [-0.05, 0) is 65.7 Å². The fourth-order valence-electron chi connectivity index (χ4n) is 2.72. The molecule has 0 amide bonds. The van der Waals surface area contributed by atoms with Crippen LogP contribution in [0.2, 0.25) is 18.1 Å². The third-order valence-electron chi connectivity index (χ3n) is 5.71.